The number of carbonyl (C=O) groups excluding carboxylic acids is 1. The van der Waals surface area contributed by atoms with Gasteiger partial charge in [-0.05, 0) is 35.9 Å². The molecule has 0 aliphatic carbocycles. The SMILES string of the molecule is O=C(CSc1nnc(-c2ccc3c(c2)OCO3)n1-c1ccccc1)N1CCC(c2ccccc2)=N1. The molecule has 3 aromatic carbocycles. The van der Waals surface area contributed by atoms with Gasteiger partial charge in [0.1, 0.15) is 0 Å². The first-order valence-corrected chi connectivity index (χ1v) is 12.2. The molecule has 0 saturated carbocycles. The highest BCUT2D eigenvalue weighted by Gasteiger charge is 2.24. The van der Waals surface area contributed by atoms with Crippen LogP contribution in [-0.2, 0) is 4.79 Å². The molecule has 0 N–H and O–H groups in total. The summed E-state index contributed by atoms with van der Waals surface area (Å²) in [5.74, 6) is 2.19. The Labute approximate surface area is 206 Å². The number of para-hydroxylation sites is 1. The summed E-state index contributed by atoms with van der Waals surface area (Å²) in [7, 11) is 0. The third kappa shape index (κ3) is 4.26. The molecule has 8 nitrogen and oxygen atoms in total. The highest BCUT2D eigenvalue weighted by molar-refractivity contribution is 7.99. The fourth-order valence-electron chi connectivity index (χ4n) is 4.07. The van der Waals surface area contributed by atoms with Gasteiger partial charge in [0, 0.05) is 17.7 Å². The summed E-state index contributed by atoms with van der Waals surface area (Å²) in [5.41, 5.74) is 3.74. The molecule has 0 spiro atoms. The molecule has 9 heteroatoms. The Kier molecular flexibility index (Phi) is 5.67. The lowest BCUT2D eigenvalue weighted by atomic mass is 10.1. The normalized spacial score (nSPS) is 14.3. The number of ether oxygens (including phenoxy) is 2. The van der Waals surface area contributed by atoms with Crippen LogP contribution in [0.2, 0.25) is 0 Å². The molecule has 4 aromatic rings. The molecule has 2 aliphatic heterocycles. The standard InChI is InChI=1S/C26H21N5O3S/c32-24(30-14-13-21(29-30)18-7-3-1-4-8-18)16-35-26-28-27-25(31(26)20-9-5-2-6-10-20)19-11-12-22-23(15-19)34-17-33-22/h1-12,15H,13-14,16-17H2. The van der Waals surface area contributed by atoms with E-state index in [4.69, 9.17) is 9.47 Å². The Balaban J connectivity index is 1.25. The van der Waals surface area contributed by atoms with Crippen LogP contribution in [0.1, 0.15) is 12.0 Å². The largest absolute Gasteiger partial charge is 0.454 e. The molecule has 0 saturated heterocycles. The molecule has 174 valence electrons. The number of carbonyl (C=O) groups is 1. The summed E-state index contributed by atoms with van der Waals surface area (Å²) < 4.78 is 12.9. The monoisotopic (exact) mass is 483 g/mol. The fraction of sp³-hybridized carbons (Fsp3) is 0.154. The Morgan fingerprint density at radius 2 is 1.66 bits per heavy atom. The Morgan fingerprint density at radius 1 is 0.886 bits per heavy atom. The number of benzene rings is 3. The number of amides is 1. The smallest absolute Gasteiger partial charge is 0.253 e. The number of hydrogen-bond acceptors (Lipinski definition) is 7. The van der Waals surface area contributed by atoms with Crippen LogP contribution < -0.4 is 9.47 Å². The molecule has 0 atom stereocenters. The van der Waals surface area contributed by atoms with E-state index in [9.17, 15) is 4.79 Å². The molecule has 0 unspecified atom stereocenters. The van der Waals surface area contributed by atoms with E-state index in [1.165, 1.54) is 11.8 Å². The Bertz CT molecular complexity index is 1410. The molecule has 1 amide bonds. The van der Waals surface area contributed by atoms with Crippen LogP contribution >= 0.6 is 11.8 Å². The topological polar surface area (TPSA) is 81.8 Å². The van der Waals surface area contributed by atoms with Crippen molar-refractivity contribution in [3.63, 3.8) is 0 Å². The van der Waals surface area contributed by atoms with Gasteiger partial charge in [-0.15, -0.1) is 10.2 Å². The molecule has 6 rings (SSSR count). The van der Waals surface area contributed by atoms with Crippen LogP contribution in [0, 0.1) is 0 Å². The molecule has 3 heterocycles. The maximum Gasteiger partial charge on any atom is 0.253 e. The maximum atomic E-state index is 13.0. The number of hydrazone groups is 1. The summed E-state index contributed by atoms with van der Waals surface area (Å²) in [6.45, 7) is 0.787. The first kappa shape index (κ1) is 21.4. The molecule has 0 bridgehead atoms. The van der Waals surface area contributed by atoms with Crippen LogP contribution in [0.15, 0.2) is 89.1 Å². The first-order valence-electron chi connectivity index (χ1n) is 11.2. The predicted octanol–water partition coefficient (Wildman–Crippen LogP) is 4.39. The van der Waals surface area contributed by atoms with Crippen molar-refractivity contribution in [2.75, 3.05) is 19.1 Å². The minimum atomic E-state index is -0.0619. The Hall–Kier alpha value is -4.11. The highest BCUT2D eigenvalue weighted by atomic mass is 32.2. The van der Waals surface area contributed by atoms with Crippen molar-refractivity contribution in [3.8, 4) is 28.6 Å². The van der Waals surface area contributed by atoms with Crippen molar-refractivity contribution in [1.82, 2.24) is 19.8 Å². The van der Waals surface area contributed by atoms with Gasteiger partial charge in [-0.1, -0.05) is 60.3 Å². The van der Waals surface area contributed by atoms with Gasteiger partial charge < -0.3 is 9.47 Å². The second kappa shape index (κ2) is 9.27. The fourth-order valence-corrected chi connectivity index (χ4v) is 4.89. The van der Waals surface area contributed by atoms with Gasteiger partial charge in [0.05, 0.1) is 18.0 Å². The van der Waals surface area contributed by atoms with E-state index in [0.717, 1.165) is 28.9 Å². The van der Waals surface area contributed by atoms with E-state index in [0.29, 0.717) is 29.0 Å². The molecular formula is C26H21N5O3S. The average molecular weight is 484 g/mol. The summed E-state index contributed by atoms with van der Waals surface area (Å²) in [5, 5.41) is 15.6. The summed E-state index contributed by atoms with van der Waals surface area (Å²) in [6.07, 6.45) is 0.745. The van der Waals surface area contributed by atoms with Gasteiger partial charge in [-0.3, -0.25) is 9.36 Å². The second-order valence-corrected chi connectivity index (χ2v) is 8.96. The van der Waals surface area contributed by atoms with Gasteiger partial charge in [0.25, 0.3) is 5.91 Å². The van der Waals surface area contributed by atoms with E-state index in [-0.39, 0.29) is 18.5 Å². The zero-order valence-corrected chi connectivity index (χ0v) is 19.5. The van der Waals surface area contributed by atoms with Gasteiger partial charge in [0.2, 0.25) is 6.79 Å². The Morgan fingerprint density at radius 3 is 2.49 bits per heavy atom. The van der Waals surface area contributed by atoms with Crippen molar-refractivity contribution >= 4 is 23.4 Å². The van der Waals surface area contributed by atoms with Crippen molar-refractivity contribution in [1.29, 1.82) is 0 Å². The van der Waals surface area contributed by atoms with Gasteiger partial charge >= 0.3 is 0 Å². The summed E-state index contributed by atoms with van der Waals surface area (Å²) in [4.78, 5) is 13.0. The molecule has 0 radical (unpaired) electrons. The molecule has 35 heavy (non-hydrogen) atoms. The minimum Gasteiger partial charge on any atom is -0.454 e. The lowest BCUT2D eigenvalue weighted by Gasteiger charge is -2.12. The predicted molar refractivity (Wildman–Crippen MR) is 133 cm³/mol. The number of hydrogen-bond donors (Lipinski definition) is 0. The number of aromatic nitrogens is 3. The summed E-state index contributed by atoms with van der Waals surface area (Å²) >= 11 is 1.35. The van der Waals surface area contributed by atoms with E-state index in [2.05, 4.69) is 15.3 Å². The number of thioether (sulfide) groups is 1. The molecule has 0 fully saturated rings. The number of rotatable bonds is 6. The van der Waals surface area contributed by atoms with Crippen LogP contribution in [0.3, 0.4) is 0 Å². The first-order chi connectivity index (χ1) is 17.3. The van der Waals surface area contributed by atoms with Crippen molar-refractivity contribution < 1.29 is 14.3 Å². The van der Waals surface area contributed by atoms with Crippen molar-refractivity contribution in [3.05, 3.63) is 84.4 Å². The average Bonchev–Trinajstić information content (AvgIpc) is 3.67. The van der Waals surface area contributed by atoms with Crippen LogP contribution in [-0.4, -0.2) is 50.5 Å². The van der Waals surface area contributed by atoms with Crippen molar-refractivity contribution in [2.45, 2.75) is 11.6 Å². The quantitative estimate of drug-likeness (QED) is 0.378. The van der Waals surface area contributed by atoms with Gasteiger partial charge in [-0.2, -0.15) is 5.10 Å². The van der Waals surface area contributed by atoms with Gasteiger partial charge in [-0.25, -0.2) is 5.01 Å². The van der Waals surface area contributed by atoms with E-state index >= 15 is 0 Å². The van der Waals surface area contributed by atoms with E-state index < -0.39 is 0 Å². The highest BCUT2D eigenvalue weighted by Crippen LogP contribution is 2.37. The van der Waals surface area contributed by atoms with E-state index in [1.807, 2.05) is 83.4 Å². The third-order valence-corrected chi connectivity index (χ3v) is 6.71. The maximum absolute atomic E-state index is 13.0. The third-order valence-electron chi connectivity index (χ3n) is 5.80. The lowest BCUT2D eigenvalue weighted by molar-refractivity contribution is -0.127. The second-order valence-electron chi connectivity index (χ2n) is 8.01. The lowest BCUT2D eigenvalue weighted by Crippen LogP contribution is -2.25. The van der Waals surface area contributed by atoms with Crippen molar-refractivity contribution in [2.24, 2.45) is 5.10 Å². The minimum absolute atomic E-state index is 0.0619. The number of nitrogens with zero attached hydrogens (tertiary/aromatic N) is 5. The molecular weight excluding hydrogens is 462 g/mol. The van der Waals surface area contributed by atoms with Crippen LogP contribution in [0.25, 0.3) is 17.1 Å². The number of fused-ring (bicyclic) bond motifs is 1. The zero-order chi connectivity index (χ0) is 23.6. The molecule has 1 aromatic heterocycles. The molecule has 2 aliphatic rings. The van der Waals surface area contributed by atoms with Crippen LogP contribution in [0.5, 0.6) is 11.5 Å². The summed E-state index contributed by atoms with van der Waals surface area (Å²) in [6, 6.07) is 25.5. The zero-order valence-electron chi connectivity index (χ0n) is 18.7. The van der Waals surface area contributed by atoms with Gasteiger partial charge in [0.15, 0.2) is 22.5 Å². The van der Waals surface area contributed by atoms with E-state index in [1.54, 1.807) is 5.01 Å². The van der Waals surface area contributed by atoms with Crippen LogP contribution in [0.4, 0.5) is 0 Å².